The second-order valence-corrected chi connectivity index (χ2v) is 3.78. The smallest absolute Gasteiger partial charge is 0.312 e. The van der Waals surface area contributed by atoms with E-state index >= 15 is 0 Å². The van der Waals surface area contributed by atoms with Crippen LogP contribution in [-0.2, 0) is 9.59 Å². The average Bonchev–Trinajstić information content (AvgIpc) is 2.09. The van der Waals surface area contributed by atoms with Crippen molar-refractivity contribution in [1.29, 1.82) is 0 Å². The molecule has 0 saturated carbocycles. The number of benzene rings is 1. The van der Waals surface area contributed by atoms with Crippen LogP contribution in [0.15, 0.2) is 16.6 Å². The maximum atomic E-state index is 13.2. The molecule has 1 aromatic rings. The van der Waals surface area contributed by atoms with E-state index in [9.17, 15) is 18.4 Å². The lowest BCUT2D eigenvalue weighted by Crippen LogP contribution is -2.17. The Kier molecular flexibility index (Phi) is 3.94. The van der Waals surface area contributed by atoms with Gasteiger partial charge in [-0.05, 0) is 12.1 Å². The van der Waals surface area contributed by atoms with Gasteiger partial charge in [-0.15, -0.1) is 0 Å². The lowest BCUT2D eigenvalue weighted by Gasteiger charge is -2.06. The Morgan fingerprint density at radius 3 is 2.25 bits per heavy atom. The predicted octanol–water partition coefficient (Wildman–Crippen LogP) is 2.14. The third-order valence-corrected chi connectivity index (χ3v) is 2.04. The van der Waals surface area contributed by atoms with E-state index in [1.807, 2.05) is 5.32 Å². The number of halogens is 3. The van der Waals surface area contributed by atoms with Gasteiger partial charge in [0.15, 0.2) is 11.6 Å². The number of rotatable bonds is 3. The van der Waals surface area contributed by atoms with E-state index < -0.39 is 35.6 Å². The first kappa shape index (κ1) is 12.6. The van der Waals surface area contributed by atoms with Gasteiger partial charge in [0.25, 0.3) is 0 Å². The Morgan fingerprint density at radius 2 is 1.81 bits per heavy atom. The molecule has 0 radical (unpaired) electrons. The van der Waals surface area contributed by atoms with Crippen molar-refractivity contribution in [2.24, 2.45) is 0 Å². The SMILES string of the molecule is O=C(O)CC(=O)Nc1c(F)cc(Br)cc1F. The summed E-state index contributed by atoms with van der Waals surface area (Å²) in [4.78, 5) is 21.1. The summed E-state index contributed by atoms with van der Waals surface area (Å²) in [6.45, 7) is 0. The van der Waals surface area contributed by atoms with Gasteiger partial charge in [-0.3, -0.25) is 9.59 Å². The standard InChI is InChI=1S/C9H6BrF2NO3/c10-4-1-5(11)9(6(12)2-4)13-7(14)3-8(15)16/h1-2H,3H2,(H,13,14)(H,15,16). The van der Waals surface area contributed by atoms with Gasteiger partial charge < -0.3 is 10.4 Å². The maximum absolute atomic E-state index is 13.2. The topological polar surface area (TPSA) is 66.4 Å². The predicted molar refractivity (Wildman–Crippen MR) is 54.9 cm³/mol. The molecule has 0 unspecified atom stereocenters. The number of carbonyl (C=O) groups is 2. The molecule has 0 bridgehead atoms. The fourth-order valence-corrected chi connectivity index (χ4v) is 1.38. The number of carboxylic acid groups (broad SMARTS) is 1. The summed E-state index contributed by atoms with van der Waals surface area (Å²) in [5.41, 5.74) is -0.658. The van der Waals surface area contributed by atoms with Crippen LogP contribution in [0.2, 0.25) is 0 Å². The molecule has 0 fully saturated rings. The summed E-state index contributed by atoms with van der Waals surface area (Å²) in [5, 5.41) is 10.1. The van der Waals surface area contributed by atoms with Crippen molar-refractivity contribution >= 4 is 33.5 Å². The number of carboxylic acids is 1. The number of amides is 1. The van der Waals surface area contributed by atoms with Crippen molar-refractivity contribution in [2.75, 3.05) is 5.32 Å². The first-order valence-corrected chi connectivity index (χ1v) is 4.85. The summed E-state index contributed by atoms with van der Waals surface area (Å²) < 4.78 is 26.5. The van der Waals surface area contributed by atoms with Crippen LogP contribution in [0.25, 0.3) is 0 Å². The Balaban J connectivity index is 2.89. The molecule has 0 aromatic heterocycles. The van der Waals surface area contributed by atoms with Crippen molar-refractivity contribution in [3.8, 4) is 0 Å². The van der Waals surface area contributed by atoms with Gasteiger partial charge >= 0.3 is 5.97 Å². The van der Waals surface area contributed by atoms with Gasteiger partial charge in [0.05, 0.1) is 0 Å². The number of anilines is 1. The molecule has 7 heteroatoms. The maximum Gasteiger partial charge on any atom is 0.312 e. The van der Waals surface area contributed by atoms with E-state index in [2.05, 4.69) is 15.9 Å². The minimum Gasteiger partial charge on any atom is -0.481 e. The van der Waals surface area contributed by atoms with Crippen LogP contribution in [0.3, 0.4) is 0 Å². The van der Waals surface area contributed by atoms with Crippen LogP contribution < -0.4 is 5.32 Å². The van der Waals surface area contributed by atoms with Crippen molar-refractivity contribution in [2.45, 2.75) is 6.42 Å². The zero-order valence-corrected chi connectivity index (χ0v) is 9.35. The number of hydrogen-bond donors (Lipinski definition) is 2. The largest absolute Gasteiger partial charge is 0.481 e. The summed E-state index contributed by atoms with van der Waals surface area (Å²) in [6.07, 6.45) is -0.852. The Labute approximate surface area is 97.4 Å². The number of aliphatic carboxylic acids is 1. The molecule has 0 atom stereocenters. The number of nitrogens with one attached hydrogen (secondary N) is 1. The Hall–Kier alpha value is -1.50. The highest BCUT2D eigenvalue weighted by Crippen LogP contribution is 2.23. The van der Waals surface area contributed by atoms with Crippen LogP contribution in [0.1, 0.15) is 6.42 Å². The normalized spacial score (nSPS) is 9.94. The lowest BCUT2D eigenvalue weighted by atomic mass is 10.2. The highest BCUT2D eigenvalue weighted by molar-refractivity contribution is 9.10. The highest BCUT2D eigenvalue weighted by Gasteiger charge is 2.15. The molecule has 16 heavy (non-hydrogen) atoms. The summed E-state index contributed by atoms with van der Waals surface area (Å²) in [5.74, 6) is -4.33. The van der Waals surface area contributed by atoms with Gasteiger partial charge in [0, 0.05) is 4.47 Å². The van der Waals surface area contributed by atoms with Crippen LogP contribution in [-0.4, -0.2) is 17.0 Å². The third-order valence-electron chi connectivity index (χ3n) is 1.58. The van der Waals surface area contributed by atoms with Gasteiger partial charge in [-0.1, -0.05) is 15.9 Å². The van der Waals surface area contributed by atoms with E-state index in [4.69, 9.17) is 5.11 Å². The third kappa shape index (κ3) is 3.27. The molecule has 1 aromatic carbocycles. The minimum atomic E-state index is -1.38. The van der Waals surface area contributed by atoms with E-state index in [1.54, 1.807) is 0 Å². The molecule has 4 nitrogen and oxygen atoms in total. The molecular formula is C9H6BrF2NO3. The molecule has 0 spiro atoms. The first-order chi connectivity index (χ1) is 7.40. The number of carbonyl (C=O) groups excluding carboxylic acids is 1. The summed E-state index contributed by atoms with van der Waals surface area (Å²) in [6, 6.07) is 1.92. The zero-order valence-electron chi connectivity index (χ0n) is 7.76. The molecule has 0 aliphatic rings. The highest BCUT2D eigenvalue weighted by atomic mass is 79.9. The molecule has 1 rings (SSSR count). The van der Waals surface area contributed by atoms with Crippen LogP contribution in [0, 0.1) is 11.6 Å². The zero-order chi connectivity index (χ0) is 12.3. The molecule has 0 saturated heterocycles. The fourth-order valence-electron chi connectivity index (χ4n) is 0.983. The quantitative estimate of drug-likeness (QED) is 0.839. The minimum absolute atomic E-state index is 0.179. The molecule has 2 N–H and O–H groups in total. The van der Waals surface area contributed by atoms with Crippen molar-refractivity contribution in [1.82, 2.24) is 0 Å². The second kappa shape index (κ2) is 5.02. The van der Waals surface area contributed by atoms with E-state index in [0.29, 0.717) is 0 Å². The fraction of sp³-hybridized carbons (Fsp3) is 0.111. The van der Waals surface area contributed by atoms with Crippen molar-refractivity contribution in [3.63, 3.8) is 0 Å². The van der Waals surface area contributed by atoms with Gasteiger partial charge in [0.2, 0.25) is 5.91 Å². The Morgan fingerprint density at radius 1 is 1.31 bits per heavy atom. The monoisotopic (exact) mass is 293 g/mol. The number of hydrogen-bond acceptors (Lipinski definition) is 2. The molecule has 1 amide bonds. The van der Waals surface area contributed by atoms with Gasteiger partial charge in [0.1, 0.15) is 12.1 Å². The molecule has 0 heterocycles. The average molecular weight is 294 g/mol. The van der Waals surface area contributed by atoms with Crippen LogP contribution >= 0.6 is 15.9 Å². The summed E-state index contributed by atoms with van der Waals surface area (Å²) in [7, 11) is 0. The lowest BCUT2D eigenvalue weighted by molar-refractivity contribution is -0.139. The van der Waals surface area contributed by atoms with E-state index in [0.717, 1.165) is 12.1 Å². The van der Waals surface area contributed by atoms with Gasteiger partial charge in [-0.2, -0.15) is 0 Å². The van der Waals surface area contributed by atoms with E-state index in [1.165, 1.54) is 0 Å². The van der Waals surface area contributed by atoms with Gasteiger partial charge in [-0.25, -0.2) is 8.78 Å². The van der Waals surface area contributed by atoms with Crippen molar-refractivity contribution < 1.29 is 23.5 Å². The second-order valence-electron chi connectivity index (χ2n) is 2.86. The first-order valence-electron chi connectivity index (χ1n) is 4.06. The molecule has 86 valence electrons. The summed E-state index contributed by atoms with van der Waals surface area (Å²) >= 11 is 2.87. The molecular weight excluding hydrogens is 288 g/mol. The van der Waals surface area contributed by atoms with Crippen molar-refractivity contribution in [3.05, 3.63) is 28.2 Å². The van der Waals surface area contributed by atoms with Crippen LogP contribution in [0.4, 0.5) is 14.5 Å². The Bertz CT molecular complexity index is 427. The molecule has 0 aliphatic carbocycles. The van der Waals surface area contributed by atoms with E-state index in [-0.39, 0.29) is 4.47 Å². The molecule has 0 aliphatic heterocycles. The van der Waals surface area contributed by atoms with Crippen LogP contribution in [0.5, 0.6) is 0 Å².